The maximum Gasteiger partial charge on any atom is 0.278 e. The summed E-state index contributed by atoms with van der Waals surface area (Å²) in [6.45, 7) is 1.73. The number of hydrogen-bond acceptors (Lipinski definition) is 5. The van der Waals surface area contributed by atoms with Crippen molar-refractivity contribution >= 4 is 46.7 Å². The first-order valence-corrected chi connectivity index (χ1v) is 10.0. The van der Waals surface area contributed by atoms with Crippen molar-refractivity contribution < 1.29 is 9.72 Å². The van der Waals surface area contributed by atoms with Gasteiger partial charge in [0.25, 0.3) is 11.6 Å². The highest BCUT2D eigenvalue weighted by Gasteiger charge is 2.43. The van der Waals surface area contributed by atoms with E-state index in [9.17, 15) is 14.9 Å². The van der Waals surface area contributed by atoms with Crippen LogP contribution < -0.4 is 5.32 Å². The monoisotopic (exact) mass is 454 g/mol. The fourth-order valence-corrected chi connectivity index (χ4v) is 3.79. The molecule has 1 atom stereocenters. The van der Waals surface area contributed by atoms with Crippen LogP contribution in [-0.2, 0) is 5.66 Å². The number of halogens is 2. The van der Waals surface area contributed by atoms with Crippen molar-refractivity contribution in [3.8, 4) is 0 Å². The van der Waals surface area contributed by atoms with Crippen LogP contribution >= 0.6 is 23.2 Å². The van der Waals surface area contributed by atoms with Gasteiger partial charge in [-0.25, -0.2) is 0 Å². The molecule has 7 nitrogen and oxygen atoms in total. The zero-order chi connectivity index (χ0) is 22.2. The number of anilines is 1. The summed E-state index contributed by atoms with van der Waals surface area (Å²) < 4.78 is 0. The van der Waals surface area contributed by atoms with Crippen LogP contribution in [0.5, 0.6) is 0 Å². The van der Waals surface area contributed by atoms with Crippen molar-refractivity contribution in [3.05, 3.63) is 104 Å². The Morgan fingerprint density at radius 3 is 2.61 bits per heavy atom. The number of nitro benzene ring substituents is 1. The van der Waals surface area contributed by atoms with E-state index in [0.29, 0.717) is 32.4 Å². The lowest BCUT2D eigenvalue weighted by molar-refractivity contribution is -0.385. The van der Waals surface area contributed by atoms with Crippen LogP contribution in [0.25, 0.3) is 0 Å². The Bertz CT molecular complexity index is 1230. The van der Waals surface area contributed by atoms with Gasteiger partial charge in [-0.05, 0) is 25.1 Å². The molecule has 4 rings (SSSR count). The van der Waals surface area contributed by atoms with Gasteiger partial charge < -0.3 is 5.32 Å². The maximum absolute atomic E-state index is 13.4. The second-order valence-electron chi connectivity index (χ2n) is 7.05. The number of nitrogens with zero attached hydrogens (tertiary/aromatic N) is 3. The first-order chi connectivity index (χ1) is 14.8. The van der Waals surface area contributed by atoms with Crippen molar-refractivity contribution in [2.75, 3.05) is 5.32 Å². The number of carbonyl (C=O) groups excluding carboxylic acids is 1. The molecule has 0 aromatic heterocycles. The zero-order valence-electron chi connectivity index (χ0n) is 16.3. The molecule has 0 fully saturated rings. The fourth-order valence-electron chi connectivity index (χ4n) is 3.44. The molecular formula is C22H16Cl2N4O3. The van der Waals surface area contributed by atoms with Crippen LogP contribution in [0, 0.1) is 10.1 Å². The van der Waals surface area contributed by atoms with Gasteiger partial charge in [-0.2, -0.15) is 10.1 Å². The highest BCUT2D eigenvalue weighted by atomic mass is 35.5. The number of para-hydroxylation sites is 1. The average Bonchev–Trinajstić information content (AvgIpc) is 2.76. The molecule has 1 aliphatic heterocycles. The predicted octanol–water partition coefficient (Wildman–Crippen LogP) is 5.68. The standard InChI is InChI=1S/C22H16Cl2N4O3/c1-22(15-7-5-8-16(12-15)28(30)31)26-19-11-3-2-9-17(19)21(29)27(22)25-13-14-6-4-10-18(23)20(14)24/h2-13,26H,1H3/b25-13-/t22-/m0/s1. The third-order valence-electron chi connectivity index (χ3n) is 5.06. The number of amides is 1. The number of nitrogens with one attached hydrogen (secondary N) is 1. The Kier molecular flexibility index (Phi) is 5.39. The maximum atomic E-state index is 13.4. The van der Waals surface area contributed by atoms with Gasteiger partial charge >= 0.3 is 0 Å². The summed E-state index contributed by atoms with van der Waals surface area (Å²) in [5.74, 6) is -0.363. The van der Waals surface area contributed by atoms with Crippen LogP contribution in [0.3, 0.4) is 0 Å². The van der Waals surface area contributed by atoms with E-state index in [1.807, 2.05) is 0 Å². The van der Waals surface area contributed by atoms with E-state index in [1.54, 1.807) is 61.5 Å². The van der Waals surface area contributed by atoms with E-state index in [0.717, 1.165) is 0 Å². The van der Waals surface area contributed by atoms with Gasteiger partial charge in [0.15, 0.2) is 5.66 Å². The molecule has 0 saturated carbocycles. The molecule has 156 valence electrons. The second-order valence-corrected chi connectivity index (χ2v) is 7.84. The average molecular weight is 455 g/mol. The summed E-state index contributed by atoms with van der Waals surface area (Å²) in [4.78, 5) is 24.2. The van der Waals surface area contributed by atoms with E-state index >= 15 is 0 Å². The predicted molar refractivity (Wildman–Crippen MR) is 121 cm³/mol. The molecule has 0 bridgehead atoms. The molecule has 3 aromatic carbocycles. The highest BCUT2D eigenvalue weighted by molar-refractivity contribution is 6.43. The molecule has 3 aromatic rings. The molecule has 31 heavy (non-hydrogen) atoms. The molecule has 0 radical (unpaired) electrons. The first-order valence-electron chi connectivity index (χ1n) is 9.26. The van der Waals surface area contributed by atoms with Crippen LogP contribution in [-0.4, -0.2) is 22.1 Å². The summed E-state index contributed by atoms with van der Waals surface area (Å²) >= 11 is 12.3. The van der Waals surface area contributed by atoms with Crippen molar-refractivity contribution in [3.63, 3.8) is 0 Å². The van der Waals surface area contributed by atoms with Crippen LogP contribution in [0.2, 0.25) is 10.0 Å². The summed E-state index contributed by atoms with van der Waals surface area (Å²) in [5, 5.41) is 21.0. The first kappa shape index (κ1) is 20.8. The number of hydrazone groups is 1. The summed E-state index contributed by atoms with van der Waals surface area (Å²) in [6, 6.07) is 18.2. The number of benzene rings is 3. The molecule has 1 N–H and O–H groups in total. The lowest BCUT2D eigenvalue weighted by Gasteiger charge is -2.43. The minimum absolute atomic E-state index is 0.0892. The Morgan fingerprint density at radius 1 is 1.10 bits per heavy atom. The normalized spacial score (nSPS) is 18.0. The number of non-ortho nitro benzene ring substituents is 1. The van der Waals surface area contributed by atoms with Crippen LogP contribution in [0.4, 0.5) is 11.4 Å². The highest BCUT2D eigenvalue weighted by Crippen LogP contribution is 2.39. The largest absolute Gasteiger partial charge is 0.357 e. The molecule has 0 aliphatic carbocycles. The lowest BCUT2D eigenvalue weighted by Crippen LogP contribution is -2.53. The van der Waals surface area contributed by atoms with Crippen molar-refractivity contribution in [1.29, 1.82) is 0 Å². The summed E-state index contributed by atoms with van der Waals surface area (Å²) in [7, 11) is 0. The Morgan fingerprint density at radius 2 is 1.84 bits per heavy atom. The van der Waals surface area contributed by atoms with Gasteiger partial charge in [0.1, 0.15) is 0 Å². The lowest BCUT2D eigenvalue weighted by atomic mass is 9.95. The van der Waals surface area contributed by atoms with Gasteiger partial charge in [0, 0.05) is 28.9 Å². The Labute approximate surface area is 188 Å². The van der Waals surface area contributed by atoms with Crippen molar-refractivity contribution in [1.82, 2.24) is 5.01 Å². The Hall–Kier alpha value is -3.42. The molecule has 0 spiro atoms. The number of hydrogen-bond donors (Lipinski definition) is 1. The second kappa shape index (κ2) is 8.02. The van der Waals surface area contributed by atoms with Crippen LogP contribution in [0.15, 0.2) is 71.8 Å². The van der Waals surface area contributed by atoms with E-state index in [2.05, 4.69) is 10.4 Å². The van der Waals surface area contributed by atoms with E-state index in [4.69, 9.17) is 23.2 Å². The zero-order valence-corrected chi connectivity index (χ0v) is 17.8. The smallest absolute Gasteiger partial charge is 0.278 e. The molecule has 9 heteroatoms. The third-order valence-corrected chi connectivity index (χ3v) is 5.90. The summed E-state index contributed by atoms with van der Waals surface area (Å²) in [5.41, 5.74) is 0.780. The van der Waals surface area contributed by atoms with Gasteiger partial charge in [-0.3, -0.25) is 14.9 Å². The van der Waals surface area contributed by atoms with E-state index in [1.165, 1.54) is 23.4 Å². The fraction of sp³-hybridized carbons (Fsp3) is 0.0909. The molecule has 0 saturated heterocycles. The van der Waals surface area contributed by atoms with Crippen molar-refractivity contribution in [2.24, 2.45) is 5.10 Å². The summed E-state index contributed by atoms with van der Waals surface area (Å²) in [6.07, 6.45) is 1.44. The van der Waals surface area contributed by atoms with E-state index in [-0.39, 0.29) is 11.6 Å². The van der Waals surface area contributed by atoms with E-state index < -0.39 is 10.6 Å². The van der Waals surface area contributed by atoms with Gasteiger partial charge in [0.05, 0.1) is 26.7 Å². The number of rotatable bonds is 4. The quantitative estimate of drug-likeness (QED) is 0.312. The van der Waals surface area contributed by atoms with Crippen molar-refractivity contribution in [2.45, 2.75) is 12.6 Å². The van der Waals surface area contributed by atoms with Gasteiger partial charge in [0.2, 0.25) is 0 Å². The number of nitro groups is 1. The minimum atomic E-state index is -1.20. The minimum Gasteiger partial charge on any atom is -0.357 e. The van der Waals surface area contributed by atoms with Crippen LogP contribution in [0.1, 0.15) is 28.4 Å². The molecule has 0 unspecified atom stereocenters. The topological polar surface area (TPSA) is 87.8 Å². The number of carbonyl (C=O) groups is 1. The molecule has 1 heterocycles. The van der Waals surface area contributed by atoms with Gasteiger partial charge in [-0.1, -0.05) is 59.6 Å². The molecule has 1 amide bonds. The SMILES string of the molecule is C[C@]1(c2cccc([N+](=O)[O-])c2)Nc2ccccc2C(=O)N1/N=C\c1cccc(Cl)c1Cl. The molecular weight excluding hydrogens is 439 g/mol. The number of fused-ring (bicyclic) bond motifs is 1. The van der Waals surface area contributed by atoms with Gasteiger partial charge in [-0.15, -0.1) is 0 Å². The Balaban J connectivity index is 1.85. The molecule has 1 aliphatic rings. The third kappa shape index (κ3) is 3.73.